The average Bonchev–Trinajstić information content (AvgIpc) is 2.23. The quantitative estimate of drug-likeness (QED) is 0.605. The first kappa shape index (κ1) is 11.5. The number of rotatable bonds is 3. The van der Waals surface area contributed by atoms with E-state index in [9.17, 15) is 5.11 Å². The van der Waals surface area contributed by atoms with Crippen LogP contribution in [-0.2, 0) is 4.84 Å². The summed E-state index contributed by atoms with van der Waals surface area (Å²) < 4.78 is 0. The fourth-order valence-electron chi connectivity index (χ4n) is 5.14. The molecule has 0 aromatic carbocycles. The molecular weight excluding hydrogens is 214 g/mol. The third-order valence-corrected chi connectivity index (χ3v) is 5.17. The molecule has 0 spiro atoms. The van der Waals surface area contributed by atoms with E-state index in [1.807, 2.05) is 6.92 Å². The average molecular weight is 237 g/mol. The van der Waals surface area contributed by atoms with Gasteiger partial charge < -0.3 is 9.94 Å². The summed E-state index contributed by atoms with van der Waals surface area (Å²) in [6, 6.07) is 0. The van der Waals surface area contributed by atoms with Gasteiger partial charge in [0.2, 0.25) is 0 Å². The van der Waals surface area contributed by atoms with Crippen LogP contribution >= 0.6 is 0 Å². The van der Waals surface area contributed by atoms with Crippen molar-refractivity contribution in [3.05, 3.63) is 0 Å². The summed E-state index contributed by atoms with van der Waals surface area (Å²) in [6.07, 6.45) is 7.47. The zero-order chi connectivity index (χ0) is 12.0. The second-order valence-corrected chi connectivity index (χ2v) is 6.53. The Balaban J connectivity index is 1.92. The molecule has 17 heavy (non-hydrogen) atoms. The molecule has 1 atom stereocenters. The largest absolute Gasteiger partial charge is 0.399 e. The fraction of sp³-hybridized carbons (Fsp3) is 0.929. The van der Waals surface area contributed by atoms with E-state index in [4.69, 9.17) is 4.84 Å². The first-order valence-electron chi connectivity index (χ1n) is 6.92. The molecule has 0 unspecified atom stereocenters. The molecule has 1 N–H and O–H groups in total. The third-order valence-electron chi connectivity index (χ3n) is 5.17. The van der Waals surface area contributed by atoms with Gasteiger partial charge in [0.05, 0.1) is 11.8 Å². The highest BCUT2D eigenvalue weighted by Gasteiger charge is 2.54. The molecule has 0 aromatic heterocycles. The first-order valence-corrected chi connectivity index (χ1v) is 6.92. The van der Waals surface area contributed by atoms with Gasteiger partial charge in [0.15, 0.2) is 0 Å². The van der Waals surface area contributed by atoms with Crippen LogP contribution in [0.2, 0.25) is 0 Å². The SMILES string of the molecule is CO/N=C(/[C@H](C)O)C12CC3CC(CC(C3)C1)C2. The zero-order valence-electron chi connectivity index (χ0n) is 10.9. The van der Waals surface area contributed by atoms with E-state index >= 15 is 0 Å². The minimum atomic E-state index is -0.466. The van der Waals surface area contributed by atoms with E-state index in [0.29, 0.717) is 0 Å². The normalized spacial score (nSPS) is 46.1. The van der Waals surface area contributed by atoms with Crippen LogP contribution in [0.25, 0.3) is 0 Å². The molecule has 4 saturated carbocycles. The summed E-state index contributed by atoms with van der Waals surface area (Å²) in [4.78, 5) is 4.98. The van der Waals surface area contributed by atoms with E-state index in [1.54, 1.807) is 7.11 Å². The molecule has 0 radical (unpaired) electrons. The van der Waals surface area contributed by atoms with Crippen molar-refractivity contribution in [3.8, 4) is 0 Å². The molecule has 0 heterocycles. The second kappa shape index (κ2) is 3.98. The second-order valence-electron chi connectivity index (χ2n) is 6.53. The third kappa shape index (κ3) is 1.79. The lowest BCUT2D eigenvalue weighted by Gasteiger charge is -2.57. The van der Waals surface area contributed by atoms with Gasteiger partial charge in [-0.3, -0.25) is 0 Å². The molecule has 4 aliphatic carbocycles. The van der Waals surface area contributed by atoms with Crippen LogP contribution in [0.15, 0.2) is 5.16 Å². The van der Waals surface area contributed by atoms with Crippen molar-refractivity contribution < 1.29 is 9.94 Å². The highest BCUT2D eigenvalue weighted by Crippen LogP contribution is 2.60. The van der Waals surface area contributed by atoms with Crippen molar-refractivity contribution in [2.45, 2.75) is 51.6 Å². The summed E-state index contributed by atoms with van der Waals surface area (Å²) >= 11 is 0. The van der Waals surface area contributed by atoms with Crippen LogP contribution in [0.4, 0.5) is 0 Å². The van der Waals surface area contributed by atoms with E-state index in [0.717, 1.165) is 23.5 Å². The van der Waals surface area contributed by atoms with E-state index in [1.165, 1.54) is 38.5 Å². The predicted molar refractivity (Wildman–Crippen MR) is 66.7 cm³/mol. The standard InChI is InChI=1S/C14H23NO2/c1-9(16)13(15-17-2)14-6-10-3-11(7-14)5-12(4-10)8-14/h9-12,16H,3-8H2,1-2H3/b15-13-/t9-,10?,11?,12?,14?/m0/s1. The Bertz CT molecular complexity index is 300. The maximum Gasteiger partial charge on any atom is 0.106 e. The molecule has 0 saturated heterocycles. The molecule has 96 valence electrons. The van der Waals surface area contributed by atoms with Crippen molar-refractivity contribution in [2.24, 2.45) is 28.3 Å². The summed E-state index contributed by atoms with van der Waals surface area (Å²) in [7, 11) is 1.59. The van der Waals surface area contributed by atoms with Crippen LogP contribution in [0.1, 0.15) is 45.4 Å². The highest BCUT2D eigenvalue weighted by atomic mass is 16.6. The molecule has 4 bridgehead atoms. The Hall–Kier alpha value is -0.570. The summed E-state index contributed by atoms with van der Waals surface area (Å²) in [6.45, 7) is 1.83. The molecule has 3 nitrogen and oxygen atoms in total. The minimum Gasteiger partial charge on any atom is -0.399 e. The topological polar surface area (TPSA) is 41.8 Å². The molecule has 4 aliphatic rings. The summed E-state index contributed by atoms with van der Waals surface area (Å²) in [5.41, 5.74) is 1.08. The van der Waals surface area contributed by atoms with Crippen LogP contribution in [-0.4, -0.2) is 24.0 Å². The molecule has 3 heteroatoms. The molecule has 4 fully saturated rings. The van der Waals surface area contributed by atoms with Crippen molar-refractivity contribution in [1.82, 2.24) is 0 Å². The van der Waals surface area contributed by atoms with Gasteiger partial charge in [-0.2, -0.15) is 0 Å². The van der Waals surface area contributed by atoms with Gasteiger partial charge in [-0.1, -0.05) is 5.16 Å². The molecule has 0 aromatic rings. The summed E-state index contributed by atoms with van der Waals surface area (Å²) in [5, 5.41) is 14.2. The molecule has 4 rings (SSSR count). The van der Waals surface area contributed by atoms with Crippen LogP contribution in [0, 0.1) is 23.2 Å². The van der Waals surface area contributed by atoms with Gasteiger partial charge in [0.25, 0.3) is 0 Å². The highest BCUT2D eigenvalue weighted by molar-refractivity contribution is 5.93. The zero-order valence-corrected chi connectivity index (χ0v) is 10.9. The Morgan fingerprint density at radius 2 is 1.65 bits per heavy atom. The maximum atomic E-state index is 9.99. The maximum absolute atomic E-state index is 9.99. The van der Waals surface area contributed by atoms with Gasteiger partial charge >= 0.3 is 0 Å². The molecule has 0 amide bonds. The van der Waals surface area contributed by atoms with E-state index in [2.05, 4.69) is 5.16 Å². The Morgan fingerprint density at radius 1 is 1.18 bits per heavy atom. The van der Waals surface area contributed by atoms with Crippen LogP contribution in [0.3, 0.4) is 0 Å². The lowest BCUT2D eigenvalue weighted by Crippen LogP contribution is -2.52. The van der Waals surface area contributed by atoms with Gasteiger partial charge in [-0.25, -0.2) is 0 Å². The first-order chi connectivity index (χ1) is 8.13. The Morgan fingerprint density at radius 3 is 2.00 bits per heavy atom. The minimum absolute atomic E-state index is 0.166. The van der Waals surface area contributed by atoms with Crippen molar-refractivity contribution in [3.63, 3.8) is 0 Å². The lowest BCUT2D eigenvalue weighted by atomic mass is 9.48. The monoisotopic (exact) mass is 237 g/mol. The number of hydrogen-bond donors (Lipinski definition) is 1. The van der Waals surface area contributed by atoms with E-state index in [-0.39, 0.29) is 5.41 Å². The van der Waals surface area contributed by atoms with Crippen molar-refractivity contribution in [1.29, 1.82) is 0 Å². The van der Waals surface area contributed by atoms with Gasteiger partial charge in [-0.05, 0) is 63.2 Å². The fourth-order valence-corrected chi connectivity index (χ4v) is 5.14. The number of oxime groups is 1. The Labute approximate surface area is 103 Å². The van der Waals surface area contributed by atoms with Crippen molar-refractivity contribution in [2.75, 3.05) is 7.11 Å². The van der Waals surface area contributed by atoms with Gasteiger partial charge in [0, 0.05) is 5.41 Å². The Kier molecular flexibility index (Phi) is 2.69. The predicted octanol–water partition coefficient (Wildman–Crippen LogP) is 2.59. The van der Waals surface area contributed by atoms with Crippen LogP contribution < -0.4 is 0 Å². The molecule has 0 aliphatic heterocycles. The number of aliphatic hydroxyl groups is 1. The van der Waals surface area contributed by atoms with E-state index < -0.39 is 6.10 Å². The summed E-state index contributed by atoms with van der Waals surface area (Å²) in [5.74, 6) is 2.63. The molecular formula is C14H23NO2. The lowest BCUT2D eigenvalue weighted by molar-refractivity contribution is -0.0191. The smallest absolute Gasteiger partial charge is 0.106 e. The number of aliphatic hydroxyl groups excluding tert-OH is 1. The number of nitrogens with zero attached hydrogens (tertiary/aromatic N) is 1. The van der Waals surface area contributed by atoms with Gasteiger partial charge in [0.1, 0.15) is 7.11 Å². The van der Waals surface area contributed by atoms with Gasteiger partial charge in [-0.15, -0.1) is 0 Å². The van der Waals surface area contributed by atoms with Crippen molar-refractivity contribution >= 4 is 5.71 Å². The van der Waals surface area contributed by atoms with Crippen LogP contribution in [0.5, 0.6) is 0 Å². The number of hydrogen-bond acceptors (Lipinski definition) is 3.